The minimum atomic E-state index is -1.05. The van der Waals surface area contributed by atoms with Crippen molar-refractivity contribution in [3.63, 3.8) is 0 Å². The number of carboxylic acid groups (broad SMARTS) is 1. The molecule has 0 radical (unpaired) electrons. The molecule has 3 rings (SSSR count). The highest BCUT2D eigenvalue weighted by molar-refractivity contribution is 6.38. The number of rotatable bonds is 6. The van der Waals surface area contributed by atoms with Crippen LogP contribution in [0, 0.1) is 0 Å². The van der Waals surface area contributed by atoms with Crippen LogP contribution >= 0.6 is 11.6 Å². The number of halogens is 1. The summed E-state index contributed by atoms with van der Waals surface area (Å²) in [7, 11) is 0. The second kappa shape index (κ2) is 6.75. The number of aryl methyl sites for hydroxylation is 1. The van der Waals surface area contributed by atoms with Crippen molar-refractivity contribution in [2.45, 2.75) is 12.8 Å². The highest BCUT2D eigenvalue weighted by Crippen LogP contribution is 2.29. The molecule has 1 aromatic heterocycles. The highest BCUT2D eigenvalue weighted by Gasteiger charge is 2.15. The molecule has 0 saturated heterocycles. The summed E-state index contributed by atoms with van der Waals surface area (Å²) in [5, 5.41) is 13.4. The fourth-order valence-corrected chi connectivity index (χ4v) is 2.87. The zero-order valence-electron chi connectivity index (χ0n) is 12.5. The van der Waals surface area contributed by atoms with E-state index in [0.717, 1.165) is 36.0 Å². The zero-order valence-corrected chi connectivity index (χ0v) is 13.2. The summed E-state index contributed by atoms with van der Waals surface area (Å²) in [6.07, 6.45) is 2.04. The third-order valence-corrected chi connectivity index (χ3v) is 4.16. The van der Waals surface area contributed by atoms with E-state index in [0.29, 0.717) is 0 Å². The van der Waals surface area contributed by atoms with Crippen LogP contribution in [0.3, 0.4) is 0 Å². The van der Waals surface area contributed by atoms with Crippen LogP contribution in [-0.2, 0) is 6.42 Å². The monoisotopic (exact) mass is 328 g/mol. The van der Waals surface area contributed by atoms with Crippen LogP contribution in [0.25, 0.3) is 10.9 Å². The molecule has 3 aromatic rings. The Morgan fingerprint density at radius 2 is 1.96 bits per heavy atom. The van der Waals surface area contributed by atoms with Gasteiger partial charge in [-0.1, -0.05) is 41.9 Å². The predicted octanol–water partition coefficient (Wildman–Crippen LogP) is 4.56. The number of carbonyl (C=O) groups is 1. The summed E-state index contributed by atoms with van der Waals surface area (Å²) in [6, 6.07) is 16.0. The first-order valence-corrected chi connectivity index (χ1v) is 7.85. The van der Waals surface area contributed by atoms with Gasteiger partial charge in [0, 0.05) is 23.1 Å². The molecule has 3 N–H and O–H groups in total. The Morgan fingerprint density at radius 3 is 2.70 bits per heavy atom. The van der Waals surface area contributed by atoms with Gasteiger partial charge in [0.1, 0.15) is 5.69 Å². The van der Waals surface area contributed by atoms with E-state index in [1.165, 1.54) is 5.56 Å². The number of aromatic amines is 1. The van der Waals surface area contributed by atoms with E-state index < -0.39 is 5.97 Å². The number of hydrogen-bond donors (Lipinski definition) is 3. The number of aromatic carboxylic acids is 1. The molecule has 0 fully saturated rings. The van der Waals surface area contributed by atoms with Crippen LogP contribution in [0.5, 0.6) is 0 Å². The third kappa shape index (κ3) is 3.48. The van der Waals surface area contributed by atoms with Crippen LogP contribution in [0.15, 0.2) is 48.5 Å². The number of anilines is 1. The summed E-state index contributed by atoms with van der Waals surface area (Å²) >= 11 is 6.13. The summed E-state index contributed by atoms with van der Waals surface area (Å²) in [5.74, 6) is -1.05. The minimum Gasteiger partial charge on any atom is -0.477 e. The van der Waals surface area contributed by atoms with Crippen LogP contribution in [0.4, 0.5) is 5.69 Å². The predicted molar refractivity (Wildman–Crippen MR) is 93.5 cm³/mol. The highest BCUT2D eigenvalue weighted by atomic mass is 35.5. The first-order valence-electron chi connectivity index (χ1n) is 7.47. The molecule has 0 aliphatic carbocycles. The maximum absolute atomic E-state index is 11.1. The third-order valence-electron chi connectivity index (χ3n) is 3.76. The number of fused-ring (bicyclic) bond motifs is 1. The Morgan fingerprint density at radius 1 is 1.17 bits per heavy atom. The average Bonchev–Trinajstić information content (AvgIpc) is 2.90. The van der Waals surface area contributed by atoms with Gasteiger partial charge in [-0.15, -0.1) is 0 Å². The molecule has 2 aromatic carbocycles. The molecule has 0 aliphatic heterocycles. The summed E-state index contributed by atoms with van der Waals surface area (Å²) < 4.78 is 0. The maximum atomic E-state index is 11.1. The smallest absolute Gasteiger partial charge is 0.353 e. The second-order valence-electron chi connectivity index (χ2n) is 5.40. The summed E-state index contributed by atoms with van der Waals surface area (Å²) in [5.41, 5.74) is 3.01. The average molecular weight is 329 g/mol. The van der Waals surface area contributed by atoms with Gasteiger partial charge >= 0.3 is 5.97 Å². The SMILES string of the molecule is O=C(O)c1[nH]c2ccc(NCCCc3ccccc3)cc2c1Cl. The number of nitrogens with one attached hydrogen (secondary N) is 2. The van der Waals surface area contributed by atoms with Gasteiger partial charge in [-0.05, 0) is 36.6 Å². The molecule has 0 aliphatic rings. The number of aromatic nitrogens is 1. The molecule has 0 spiro atoms. The number of benzene rings is 2. The first-order chi connectivity index (χ1) is 11.1. The largest absolute Gasteiger partial charge is 0.477 e. The molecule has 5 heteroatoms. The van der Waals surface area contributed by atoms with E-state index in [1.54, 1.807) is 0 Å². The fraction of sp³-hybridized carbons (Fsp3) is 0.167. The molecule has 0 atom stereocenters. The lowest BCUT2D eigenvalue weighted by atomic mass is 10.1. The Bertz CT molecular complexity index is 828. The Hall–Kier alpha value is -2.46. The van der Waals surface area contributed by atoms with E-state index in [4.69, 9.17) is 16.7 Å². The lowest BCUT2D eigenvalue weighted by Crippen LogP contribution is -2.02. The van der Waals surface area contributed by atoms with Gasteiger partial charge in [0.2, 0.25) is 0 Å². The molecule has 0 bridgehead atoms. The molecule has 0 unspecified atom stereocenters. The van der Waals surface area contributed by atoms with E-state index in [-0.39, 0.29) is 10.7 Å². The Kier molecular flexibility index (Phi) is 4.53. The van der Waals surface area contributed by atoms with Gasteiger partial charge in [0.05, 0.1) is 5.02 Å². The van der Waals surface area contributed by atoms with Crippen LogP contribution in [0.2, 0.25) is 5.02 Å². The van der Waals surface area contributed by atoms with Gasteiger partial charge in [0.25, 0.3) is 0 Å². The van der Waals surface area contributed by atoms with Gasteiger partial charge < -0.3 is 15.4 Å². The molecule has 0 amide bonds. The quantitative estimate of drug-likeness (QED) is 0.581. The van der Waals surface area contributed by atoms with Gasteiger partial charge in [-0.2, -0.15) is 0 Å². The molecule has 118 valence electrons. The number of carboxylic acids is 1. The fourth-order valence-electron chi connectivity index (χ4n) is 2.59. The molecular weight excluding hydrogens is 312 g/mol. The Labute approximate surface area is 139 Å². The lowest BCUT2D eigenvalue weighted by Gasteiger charge is -2.07. The molecule has 0 saturated carbocycles. The van der Waals surface area contributed by atoms with E-state index in [2.05, 4.69) is 22.4 Å². The lowest BCUT2D eigenvalue weighted by molar-refractivity contribution is 0.0691. The first kappa shape index (κ1) is 15.4. The summed E-state index contributed by atoms with van der Waals surface area (Å²) in [6.45, 7) is 0.841. The van der Waals surface area contributed by atoms with Crippen molar-refractivity contribution in [3.8, 4) is 0 Å². The Balaban J connectivity index is 1.64. The molecular formula is C18H17ClN2O2. The number of hydrogen-bond acceptors (Lipinski definition) is 2. The van der Waals surface area contributed by atoms with Crippen LogP contribution < -0.4 is 5.32 Å². The van der Waals surface area contributed by atoms with Crippen molar-refractivity contribution in [2.75, 3.05) is 11.9 Å². The molecule has 1 heterocycles. The van der Waals surface area contributed by atoms with E-state index in [1.807, 2.05) is 36.4 Å². The molecule has 23 heavy (non-hydrogen) atoms. The second-order valence-corrected chi connectivity index (χ2v) is 5.77. The maximum Gasteiger partial charge on any atom is 0.353 e. The van der Waals surface area contributed by atoms with Crippen molar-refractivity contribution in [2.24, 2.45) is 0 Å². The van der Waals surface area contributed by atoms with Crippen molar-refractivity contribution in [1.82, 2.24) is 4.98 Å². The van der Waals surface area contributed by atoms with Crippen molar-refractivity contribution >= 4 is 34.2 Å². The summed E-state index contributed by atoms with van der Waals surface area (Å²) in [4.78, 5) is 13.9. The van der Waals surface area contributed by atoms with Crippen molar-refractivity contribution in [1.29, 1.82) is 0 Å². The zero-order chi connectivity index (χ0) is 16.2. The van der Waals surface area contributed by atoms with E-state index in [9.17, 15) is 4.79 Å². The van der Waals surface area contributed by atoms with Crippen molar-refractivity contribution < 1.29 is 9.90 Å². The van der Waals surface area contributed by atoms with Crippen molar-refractivity contribution in [3.05, 3.63) is 64.8 Å². The minimum absolute atomic E-state index is 0.0305. The topological polar surface area (TPSA) is 65.1 Å². The van der Waals surface area contributed by atoms with Crippen LogP contribution in [0.1, 0.15) is 22.5 Å². The van der Waals surface area contributed by atoms with E-state index >= 15 is 0 Å². The standard InChI is InChI=1S/C18H17ClN2O2/c19-16-14-11-13(8-9-15(14)21-17(16)18(22)23)20-10-4-7-12-5-2-1-3-6-12/h1-3,5-6,8-9,11,20-21H,4,7,10H2,(H,22,23). The number of H-pyrrole nitrogens is 1. The molecule has 4 nitrogen and oxygen atoms in total. The van der Waals surface area contributed by atoms with Crippen LogP contribution in [-0.4, -0.2) is 22.6 Å². The van der Waals surface area contributed by atoms with Gasteiger partial charge in [-0.3, -0.25) is 0 Å². The van der Waals surface area contributed by atoms with Gasteiger partial charge in [0.15, 0.2) is 0 Å². The normalized spacial score (nSPS) is 10.8. The van der Waals surface area contributed by atoms with Gasteiger partial charge in [-0.25, -0.2) is 4.79 Å².